The van der Waals surface area contributed by atoms with Crippen molar-refractivity contribution in [3.05, 3.63) is 66.7 Å². The third kappa shape index (κ3) is 4.87. The maximum absolute atomic E-state index is 12.4. The van der Waals surface area contributed by atoms with Crippen molar-refractivity contribution in [2.75, 3.05) is 28.7 Å². The lowest BCUT2D eigenvalue weighted by Gasteiger charge is -2.20. The molecule has 1 amide bonds. The highest BCUT2D eigenvalue weighted by atomic mass is 32.2. The molecule has 0 atom stereocenters. The Bertz CT molecular complexity index is 862. The van der Waals surface area contributed by atoms with Crippen molar-refractivity contribution in [3.8, 4) is 0 Å². The first-order valence-corrected chi connectivity index (χ1v) is 10.6. The molecule has 0 fully saturated rings. The summed E-state index contributed by atoms with van der Waals surface area (Å²) < 4.78 is 24.9. The molecule has 5 nitrogen and oxygen atoms in total. The van der Waals surface area contributed by atoms with Crippen LogP contribution in [0.5, 0.6) is 0 Å². The van der Waals surface area contributed by atoms with E-state index in [4.69, 9.17) is 0 Å². The largest absolute Gasteiger partial charge is 0.321 e. The molecule has 2 rings (SSSR count). The third-order valence-electron chi connectivity index (χ3n) is 3.47. The number of anilines is 2. The Balaban J connectivity index is 2.21. The van der Waals surface area contributed by atoms with Crippen LogP contribution >= 0.6 is 11.8 Å². The molecule has 0 aliphatic heterocycles. The van der Waals surface area contributed by atoms with Gasteiger partial charge in [-0.2, -0.15) is 0 Å². The zero-order valence-corrected chi connectivity index (χ0v) is 15.7. The highest BCUT2D eigenvalue weighted by Gasteiger charge is 2.16. The minimum absolute atomic E-state index is 0.172. The number of nitrogens with one attached hydrogen (secondary N) is 1. The molecule has 25 heavy (non-hydrogen) atoms. The summed E-state index contributed by atoms with van der Waals surface area (Å²) in [6.45, 7) is 3.75. The second-order valence-electron chi connectivity index (χ2n) is 5.28. The molecule has 0 heterocycles. The Morgan fingerprint density at radius 2 is 1.84 bits per heavy atom. The topological polar surface area (TPSA) is 66.5 Å². The van der Waals surface area contributed by atoms with Crippen molar-refractivity contribution in [2.24, 2.45) is 0 Å². The third-order valence-corrected chi connectivity index (χ3v) is 5.42. The first-order valence-electron chi connectivity index (χ1n) is 7.50. The van der Waals surface area contributed by atoms with Gasteiger partial charge in [0.2, 0.25) is 10.0 Å². The molecule has 0 aromatic heterocycles. The fourth-order valence-corrected chi connectivity index (χ4v) is 3.71. The second-order valence-corrected chi connectivity index (χ2v) is 8.04. The Morgan fingerprint density at radius 3 is 2.40 bits per heavy atom. The summed E-state index contributed by atoms with van der Waals surface area (Å²) in [4.78, 5) is 13.4. The number of sulfonamides is 1. The van der Waals surface area contributed by atoms with Gasteiger partial charge in [0.15, 0.2) is 0 Å². The molecule has 132 valence electrons. The summed E-state index contributed by atoms with van der Waals surface area (Å²) in [6, 6.07) is 14.0. The van der Waals surface area contributed by atoms with Gasteiger partial charge in [-0.25, -0.2) is 8.42 Å². The highest BCUT2D eigenvalue weighted by Crippen LogP contribution is 2.25. The van der Waals surface area contributed by atoms with Gasteiger partial charge >= 0.3 is 0 Å². The lowest BCUT2D eigenvalue weighted by Crippen LogP contribution is -2.29. The van der Waals surface area contributed by atoms with Crippen molar-refractivity contribution < 1.29 is 13.2 Å². The fourth-order valence-electron chi connectivity index (χ4n) is 2.27. The van der Waals surface area contributed by atoms with Gasteiger partial charge in [0.05, 0.1) is 24.2 Å². The Morgan fingerprint density at radius 1 is 1.20 bits per heavy atom. The molecule has 0 saturated heterocycles. The molecule has 0 saturated carbocycles. The van der Waals surface area contributed by atoms with E-state index >= 15 is 0 Å². The number of hydrogen-bond acceptors (Lipinski definition) is 4. The van der Waals surface area contributed by atoms with Gasteiger partial charge in [-0.3, -0.25) is 9.10 Å². The van der Waals surface area contributed by atoms with E-state index in [2.05, 4.69) is 11.9 Å². The van der Waals surface area contributed by atoms with E-state index in [9.17, 15) is 13.2 Å². The summed E-state index contributed by atoms with van der Waals surface area (Å²) in [5.74, 6) is -0.248. The van der Waals surface area contributed by atoms with Crippen molar-refractivity contribution in [1.82, 2.24) is 0 Å². The summed E-state index contributed by atoms with van der Waals surface area (Å²) in [7, 11) is -3.41. The fraction of sp³-hybridized carbons (Fsp3) is 0.167. The van der Waals surface area contributed by atoms with Crippen molar-refractivity contribution in [2.45, 2.75) is 4.90 Å². The number of amides is 1. The van der Waals surface area contributed by atoms with Crippen LogP contribution in [-0.4, -0.2) is 33.4 Å². The number of nitrogens with zero attached hydrogens (tertiary/aromatic N) is 1. The van der Waals surface area contributed by atoms with E-state index in [0.717, 1.165) is 16.8 Å². The highest BCUT2D eigenvalue weighted by molar-refractivity contribution is 7.98. The zero-order valence-electron chi connectivity index (χ0n) is 14.1. The molecule has 0 unspecified atom stereocenters. The lowest BCUT2D eigenvalue weighted by atomic mass is 10.2. The Hall–Kier alpha value is -2.25. The van der Waals surface area contributed by atoms with E-state index in [0.29, 0.717) is 11.3 Å². The molecule has 7 heteroatoms. The smallest absolute Gasteiger partial charge is 0.255 e. The molecule has 1 N–H and O–H groups in total. The second kappa shape index (κ2) is 8.22. The minimum Gasteiger partial charge on any atom is -0.321 e. The molecular weight excluding hydrogens is 356 g/mol. The SMILES string of the molecule is C=CCN(c1ccc(C(=O)Nc2ccccc2SC)cc1)S(C)(=O)=O. The number of hydrogen-bond donors (Lipinski definition) is 1. The van der Waals surface area contributed by atoms with E-state index in [1.807, 2.05) is 30.5 Å². The number of carbonyl (C=O) groups excluding carboxylic acids is 1. The number of carbonyl (C=O) groups is 1. The summed E-state index contributed by atoms with van der Waals surface area (Å²) in [5.41, 5.74) is 1.68. The predicted molar refractivity (Wildman–Crippen MR) is 105 cm³/mol. The normalized spacial score (nSPS) is 11.0. The van der Waals surface area contributed by atoms with Gasteiger partial charge in [0.1, 0.15) is 0 Å². The van der Waals surface area contributed by atoms with Crippen LogP contribution in [0.25, 0.3) is 0 Å². The van der Waals surface area contributed by atoms with E-state index in [1.165, 1.54) is 10.4 Å². The van der Waals surface area contributed by atoms with Gasteiger partial charge < -0.3 is 5.32 Å². The first-order chi connectivity index (χ1) is 11.9. The number of benzene rings is 2. The van der Waals surface area contributed by atoms with E-state index < -0.39 is 10.0 Å². The number of rotatable bonds is 7. The van der Waals surface area contributed by atoms with Crippen LogP contribution in [-0.2, 0) is 10.0 Å². The van der Waals surface area contributed by atoms with Crippen LogP contribution in [0.2, 0.25) is 0 Å². The van der Waals surface area contributed by atoms with Gasteiger partial charge in [-0.15, -0.1) is 18.3 Å². The van der Waals surface area contributed by atoms with Crippen molar-refractivity contribution in [3.63, 3.8) is 0 Å². The number of para-hydroxylation sites is 1. The van der Waals surface area contributed by atoms with E-state index in [-0.39, 0.29) is 12.5 Å². The summed E-state index contributed by atoms with van der Waals surface area (Å²) in [6.07, 6.45) is 4.59. The Labute approximate surface area is 152 Å². The van der Waals surface area contributed by atoms with Crippen LogP contribution in [0, 0.1) is 0 Å². The molecule has 0 spiro atoms. The van der Waals surface area contributed by atoms with Crippen LogP contribution in [0.1, 0.15) is 10.4 Å². The standard InChI is InChI=1S/C18H20N2O3S2/c1-4-13-20(25(3,22)23)15-11-9-14(10-12-15)18(21)19-16-7-5-6-8-17(16)24-2/h4-12H,1,13H2,2-3H3,(H,19,21). The quantitative estimate of drug-likeness (QED) is 0.592. The minimum atomic E-state index is -3.41. The first kappa shape index (κ1) is 19.1. The van der Waals surface area contributed by atoms with Crippen LogP contribution < -0.4 is 9.62 Å². The molecule has 2 aromatic carbocycles. The molecule has 2 aromatic rings. The molecule has 0 bridgehead atoms. The van der Waals surface area contributed by atoms with Crippen molar-refractivity contribution >= 4 is 39.1 Å². The molecular formula is C18H20N2O3S2. The molecule has 0 aliphatic carbocycles. The maximum atomic E-state index is 12.4. The lowest BCUT2D eigenvalue weighted by molar-refractivity contribution is 0.102. The average molecular weight is 377 g/mol. The van der Waals surface area contributed by atoms with Crippen molar-refractivity contribution in [1.29, 1.82) is 0 Å². The maximum Gasteiger partial charge on any atom is 0.255 e. The average Bonchev–Trinajstić information content (AvgIpc) is 2.59. The molecule has 0 radical (unpaired) electrons. The number of thioether (sulfide) groups is 1. The summed E-state index contributed by atoms with van der Waals surface area (Å²) >= 11 is 1.55. The van der Waals surface area contributed by atoms with Gasteiger partial charge in [-0.05, 0) is 42.7 Å². The van der Waals surface area contributed by atoms with Crippen LogP contribution in [0.4, 0.5) is 11.4 Å². The van der Waals surface area contributed by atoms with Gasteiger partial charge in [0.25, 0.3) is 5.91 Å². The van der Waals surface area contributed by atoms with Crippen LogP contribution in [0.15, 0.2) is 66.1 Å². The van der Waals surface area contributed by atoms with Gasteiger partial charge in [0, 0.05) is 10.5 Å². The monoisotopic (exact) mass is 376 g/mol. The summed E-state index contributed by atoms with van der Waals surface area (Å²) in [5, 5.41) is 2.87. The predicted octanol–water partition coefficient (Wildman–Crippen LogP) is 3.61. The molecule has 0 aliphatic rings. The van der Waals surface area contributed by atoms with Crippen LogP contribution in [0.3, 0.4) is 0 Å². The van der Waals surface area contributed by atoms with Gasteiger partial charge in [-0.1, -0.05) is 18.2 Å². The Kier molecular flexibility index (Phi) is 6.27. The van der Waals surface area contributed by atoms with E-state index in [1.54, 1.807) is 36.0 Å². The zero-order chi connectivity index (χ0) is 18.4.